The van der Waals surface area contributed by atoms with Crippen molar-refractivity contribution in [3.8, 4) is 5.75 Å². The van der Waals surface area contributed by atoms with Crippen LogP contribution in [0.2, 0.25) is 5.02 Å². The Morgan fingerprint density at radius 3 is 2.74 bits per heavy atom. The lowest BCUT2D eigenvalue weighted by Crippen LogP contribution is -2.03. The predicted molar refractivity (Wildman–Crippen MR) is 71.7 cm³/mol. The van der Waals surface area contributed by atoms with Gasteiger partial charge in [0, 0.05) is 18.2 Å². The van der Waals surface area contributed by atoms with Gasteiger partial charge in [-0.2, -0.15) is 0 Å². The maximum absolute atomic E-state index is 13.7. The average molecular weight is 284 g/mol. The van der Waals surface area contributed by atoms with Crippen molar-refractivity contribution in [2.24, 2.45) is 0 Å². The van der Waals surface area contributed by atoms with E-state index in [0.29, 0.717) is 17.0 Å². The summed E-state index contributed by atoms with van der Waals surface area (Å²) >= 11 is 5.70. The fraction of sp³-hybridized carbons (Fsp3) is 0.143. The van der Waals surface area contributed by atoms with Gasteiger partial charge in [0.05, 0.1) is 17.8 Å². The van der Waals surface area contributed by atoms with Crippen LogP contribution in [0.15, 0.2) is 36.4 Å². The molecule has 0 fully saturated rings. The minimum Gasteiger partial charge on any atom is -0.494 e. The van der Waals surface area contributed by atoms with Crippen molar-refractivity contribution in [1.82, 2.24) is 0 Å². The largest absolute Gasteiger partial charge is 0.494 e. The maximum atomic E-state index is 13.7. The number of halogens is 3. The highest BCUT2D eigenvalue weighted by Crippen LogP contribution is 2.26. The first-order valence-corrected chi connectivity index (χ1v) is 6.00. The average Bonchev–Trinajstić information content (AvgIpc) is 2.41. The molecule has 0 amide bonds. The number of benzene rings is 2. The van der Waals surface area contributed by atoms with Gasteiger partial charge in [0.25, 0.3) is 0 Å². The molecule has 2 aromatic rings. The molecule has 0 spiro atoms. The molecular weight excluding hydrogens is 272 g/mol. The predicted octanol–water partition coefficient (Wildman–Crippen LogP) is 4.24. The normalized spacial score (nSPS) is 10.3. The second kappa shape index (κ2) is 5.89. The van der Waals surface area contributed by atoms with Crippen LogP contribution in [0.3, 0.4) is 0 Å². The highest BCUT2D eigenvalue weighted by molar-refractivity contribution is 6.30. The van der Waals surface area contributed by atoms with Crippen molar-refractivity contribution in [2.75, 3.05) is 12.4 Å². The summed E-state index contributed by atoms with van der Waals surface area (Å²) in [6, 6.07) is 8.89. The van der Waals surface area contributed by atoms with E-state index in [1.807, 2.05) is 0 Å². The molecule has 0 bridgehead atoms. The molecule has 5 heteroatoms. The molecule has 2 rings (SSSR count). The summed E-state index contributed by atoms with van der Waals surface area (Å²) in [6.07, 6.45) is 0. The van der Waals surface area contributed by atoms with Gasteiger partial charge in [0.2, 0.25) is 0 Å². The second-order valence-corrected chi connectivity index (χ2v) is 4.32. The SMILES string of the molecule is COc1cc(F)ccc1NCc1cccc(Cl)c1F. The van der Waals surface area contributed by atoms with E-state index >= 15 is 0 Å². The summed E-state index contributed by atoms with van der Waals surface area (Å²) < 4.78 is 31.8. The van der Waals surface area contributed by atoms with Crippen LogP contribution in [0.4, 0.5) is 14.5 Å². The molecule has 19 heavy (non-hydrogen) atoms. The third-order valence-electron chi connectivity index (χ3n) is 2.66. The van der Waals surface area contributed by atoms with Crippen LogP contribution < -0.4 is 10.1 Å². The minimum absolute atomic E-state index is 0.0744. The van der Waals surface area contributed by atoms with Gasteiger partial charge in [-0.1, -0.05) is 23.7 Å². The monoisotopic (exact) mass is 283 g/mol. The van der Waals surface area contributed by atoms with E-state index in [9.17, 15) is 8.78 Å². The highest BCUT2D eigenvalue weighted by atomic mass is 35.5. The molecule has 1 N–H and O–H groups in total. The molecular formula is C14H12ClF2NO. The number of hydrogen-bond donors (Lipinski definition) is 1. The number of nitrogens with one attached hydrogen (secondary N) is 1. The van der Waals surface area contributed by atoms with E-state index in [-0.39, 0.29) is 11.6 Å². The topological polar surface area (TPSA) is 21.3 Å². The lowest BCUT2D eigenvalue weighted by molar-refractivity contribution is 0.413. The van der Waals surface area contributed by atoms with Crippen molar-refractivity contribution < 1.29 is 13.5 Å². The Morgan fingerprint density at radius 2 is 2.00 bits per heavy atom. The maximum Gasteiger partial charge on any atom is 0.146 e. The summed E-state index contributed by atoms with van der Waals surface area (Å²) in [5.41, 5.74) is 1.02. The van der Waals surface area contributed by atoms with Gasteiger partial charge < -0.3 is 10.1 Å². The molecule has 0 heterocycles. The smallest absolute Gasteiger partial charge is 0.146 e. The number of rotatable bonds is 4. The van der Waals surface area contributed by atoms with E-state index < -0.39 is 11.6 Å². The number of hydrogen-bond acceptors (Lipinski definition) is 2. The first-order chi connectivity index (χ1) is 9.11. The third-order valence-corrected chi connectivity index (χ3v) is 2.96. The van der Waals surface area contributed by atoms with Crippen molar-refractivity contribution in [2.45, 2.75) is 6.54 Å². The highest BCUT2D eigenvalue weighted by Gasteiger charge is 2.08. The van der Waals surface area contributed by atoms with Gasteiger partial charge in [0.15, 0.2) is 0 Å². The van der Waals surface area contributed by atoms with E-state index in [0.717, 1.165) is 0 Å². The van der Waals surface area contributed by atoms with Gasteiger partial charge in [-0.25, -0.2) is 8.78 Å². The molecule has 0 saturated carbocycles. The zero-order valence-electron chi connectivity index (χ0n) is 10.2. The Balaban J connectivity index is 2.17. The van der Waals surface area contributed by atoms with E-state index in [4.69, 9.17) is 16.3 Å². The lowest BCUT2D eigenvalue weighted by Gasteiger charge is -2.12. The summed E-state index contributed by atoms with van der Waals surface area (Å²) in [6.45, 7) is 0.231. The zero-order valence-corrected chi connectivity index (χ0v) is 11.0. The quantitative estimate of drug-likeness (QED) is 0.906. The van der Waals surface area contributed by atoms with Gasteiger partial charge in [0.1, 0.15) is 17.4 Å². The van der Waals surface area contributed by atoms with E-state index in [1.165, 1.54) is 31.4 Å². The lowest BCUT2D eigenvalue weighted by atomic mass is 10.2. The van der Waals surface area contributed by atoms with Gasteiger partial charge in [-0.15, -0.1) is 0 Å². The molecule has 0 aliphatic heterocycles. The van der Waals surface area contributed by atoms with Gasteiger partial charge in [-0.3, -0.25) is 0 Å². The van der Waals surface area contributed by atoms with Crippen LogP contribution in [0.25, 0.3) is 0 Å². The van der Waals surface area contributed by atoms with Crippen LogP contribution in [-0.2, 0) is 6.54 Å². The van der Waals surface area contributed by atoms with Gasteiger partial charge in [-0.05, 0) is 18.2 Å². The third kappa shape index (κ3) is 3.15. The van der Waals surface area contributed by atoms with Gasteiger partial charge >= 0.3 is 0 Å². The molecule has 100 valence electrons. The zero-order chi connectivity index (χ0) is 13.8. The fourth-order valence-electron chi connectivity index (χ4n) is 1.69. The second-order valence-electron chi connectivity index (χ2n) is 3.91. The Labute approximate surface area is 115 Å². The summed E-state index contributed by atoms with van der Waals surface area (Å²) in [5, 5.41) is 3.06. The van der Waals surface area contributed by atoms with Crippen LogP contribution in [0.1, 0.15) is 5.56 Å². The van der Waals surface area contributed by atoms with Crippen LogP contribution in [-0.4, -0.2) is 7.11 Å². The van der Waals surface area contributed by atoms with E-state index in [1.54, 1.807) is 12.1 Å². The molecule has 0 atom stereocenters. The summed E-state index contributed by atoms with van der Waals surface area (Å²) in [5.74, 6) is -0.489. The van der Waals surface area contributed by atoms with E-state index in [2.05, 4.69) is 5.32 Å². The van der Waals surface area contributed by atoms with Crippen molar-refractivity contribution >= 4 is 17.3 Å². The van der Waals surface area contributed by atoms with Crippen LogP contribution in [0.5, 0.6) is 5.75 Å². The van der Waals surface area contributed by atoms with Crippen molar-refractivity contribution in [1.29, 1.82) is 0 Å². The standard InChI is InChI=1S/C14H12ClF2NO/c1-19-13-7-10(16)5-6-12(13)18-8-9-3-2-4-11(15)14(9)17/h2-7,18H,8H2,1H3. The summed E-state index contributed by atoms with van der Waals surface area (Å²) in [4.78, 5) is 0. The Kier molecular flexibility index (Phi) is 4.22. The Morgan fingerprint density at radius 1 is 1.21 bits per heavy atom. The number of anilines is 1. The molecule has 0 aliphatic rings. The molecule has 2 aromatic carbocycles. The molecule has 0 saturated heterocycles. The van der Waals surface area contributed by atoms with Crippen molar-refractivity contribution in [3.63, 3.8) is 0 Å². The number of methoxy groups -OCH3 is 1. The van der Waals surface area contributed by atoms with Crippen LogP contribution >= 0.6 is 11.6 Å². The summed E-state index contributed by atoms with van der Waals surface area (Å²) in [7, 11) is 1.44. The molecule has 0 radical (unpaired) electrons. The Bertz CT molecular complexity index is 590. The first kappa shape index (κ1) is 13.6. The molecule has 0 aromatic heterocycles. The molecule has 0 aliphatic carbocycles. The first-order valence-electron chi connectivity index (χ1n) is 5.62. The number of ether oxygens (including phenoxy) is 1. The Hall–Kier alpha value is -1.81. The van der Waals surface area contributed by atoms with Crippen LogP contribution in [0, 0.1) is 11.6 Å². The fourth-order valence-corrected chi connectivity index (χ4v) is 1.88. The molecule has 2 nitrogen and oxygen atoms in total. The molecule has 0 unspecified atom stereocenters. The minimum atomic E-state index is -0.460. The van der Waals surface area contributed by atoms with Crippen molar-refractivity contribution in [3.05, 3.63) is 58.6 Å².